The molecule has 0 aromatic carbocycles. The number of piperidine rings is 1. The van der Waals surface area contributed by atoms with E-state index in [9.17, 15) is 5.26 Å². The minimum absolute atomic E-state index is 0.0225. The van der Waals surface area contributed by atoms with Gasteiger partial charge in [-0.3, -0.25) is 4.90 Å². The van der Waals surface area contributed by atoms with E-state index in [0.29, 0.717) is 0 Å². The molecule has 1 heterocycles. The fourth-order valence-corrected chi connectivity index (χ4v) is 3.49. The number of hydrogen-bond acceptors (Lipinski definition) is 3. The molecule has 2 fully saturated rings. The van der Waals surface area contributed by atoms with E-state index >= 15 is 0 Å². The molecule has 1 aliphatic carbocycles. The molecule has 3 unspecified atom stereocenters. The van der Waals surface area contributed by atoms with Gasteiger partial charge in [0.1, 0.15) is 6.04 Å². The van der Waals surface area contributed by atoms with Crippen molar-refractivity contribution < 1.29 is 0 Å². The van der Waals surface area contributed by atoms with E-state index in [2.05, 4.69) is 23.2 Å². The molecule has 0 aromatic heterocycles. The van der Waals surface area contributed by atoms with E-state index < -0.39 is 0 Å². The molecule has 0 bridgehead atoms. The molecule has 0 spiro atoms. The van der Waals surface area contributed by atoms with Crippen molar-refractivity contribution in [2.45, 2.75) is 57.5 Å². The molecule has 17 heavy (non-hydrogen) atoms. The maximum Gasteiger partial charge on any atom is 0.108 e. The molecule has 96 valence electrons. The molecule has 1 saturated carbocycles. The minimum atomic E-state index is 0.0225. The van der Waals surface area contributed by atoms with Gasteiger partial charge in [-0.05, 0) is 51.1 Å². The molecule has 3 nitrogen and oxygen atoms in total. The van der Waals surface area contributed by atoms with Crippen LogP contribution in [0.1, 0.15) is 45.4 Å². The first-order chi connectivity index (χ1) is 8.35. The van der Waals surface area contributed by atoms with Crippen LogP contribution < -0.4 is 5.32 Å². The summed E-state index contributed by atoms with van der Waals surface area (Å²) in [7, 11) is 0. The number of nitrogens with zero attached hydrogens (tertiary/aromatic N) is 2. The van der Waals surface area contributed by atoms with E-state index in [1.165, 1.54) is 38.6 Å². The monoisotopic (exact) mass is 235 g/mol. The molecule has 1 saturated heterocycles. The van der Waals surface area contributed by atoms with Gasteiger partial charge in [-0.1, -0.05) is 13.3 Å². The minimum Gasteiger partial charge on any atom is -0.301 e. The fraction of sp³-hybridized carbons (Fsp3) is 0.929. The second-order valence-corrected chi connectivity index (χ2v) is 5.53. The molecular formula is C14H25N3. The van der Waals surface area contributed by atoms with Crippen molar-refractivity contribution in [1.82, 2.24) is 10.2 Å². The number of rotatable bonds is 5. The zero-order chi connectivity index (χ0) is 12.1. The quantitative estimate of drug-likeness (QED) is 0.793. The van der Waals surface area contributed by atoms with Crippen LogP contribution in [-0.4, -0.2) is 36.6 Å². The Labute approximate surface area is 105 Å². The summed E-state index contributed by atoms with van der Waals surface area (Å²) in [5.74, 6) is 0.925. The summed E-state index contributed by atoms with van der Waals surface area (Å²) in [5.41, 5.74) is 0. The maximum atomic E-state index is 9.18. The Morgan fingerprint density at radius 2 is 2.18 bits per heavy atom. The van der Waals surface area contributed by atoms with Crippen LogP contribution in [0.4, 0.5) is 0 Å². The summed E-state index contributed by atoms with van der Waals surface area (Å²) in [6.45, 7) is 5.24. The molecular weight excluding hydrogens is 210 g/mol. The third-order valence-corrected chi connectivity index (χ3v) is 4.32. The Bertz CT molecular complexity index is 271. The molecule has 2 aliphatic rings. The molecule has 0 aromatic rings. The first-order valence-electron chi connectivity index (χ1n) is 7.22. The highest BCUT2D eigenvalue weighted by Crippen LogP contribution is 2.36. The van der Waals surface area contributed by atoms with Crippen molar-refractivity contribution in [2.24, 2.45) is 5.92 Å². The third kappa shape index (κ3) is 3.20. The standard InChI is InChI=1S/C14H25N3/c1-2-8-16-13(10-15)11-17-9-4-6-12-5-3-7-14(12)17/h12-14,16H,2-9,11H2,1H3. The maximum absolute atomic E-state index is 9.18. The van der Waals surface area contributed by atoms with Crippen LogP contribution in [-0.2, 0) is 0 Å². The zero-order valence-electron chi connectivity index (χ0n) is 11.0. The number of likely N-dealkylation sites (tertiary alicyclic amines) is 1. The van der Waals surface area contributed by atoms with Gasteiger partial charge < -0.3 is 5.32 Å². The Morgan fingerprint density at radius 3 is 2.94 bits per heavy atom. The van der Waals surface area contributed by atoms with Crippen LogP contribution in [0.15, 0.2) is 0 Å². The lowest BCUT2D eigenvalue weighted by Crippen LogP contribution is -2.49. The second kappa shape index (κ2) is 6.37. The highest BCUT2D eigenvalue weighted by atomic mass is 15.2. The van der Waals surface area contributed by atoms with Gasteiger partial charge in [0, 0.05) is 12.6 Å². The Balaban J connectivity index is 1.86. The van der Waals surface area contributed by atoms with Gasteiger partial charge in [0.25, 0.3) is 0 Å². The summed E-state index contributed by atoms with van der Waals surface area (Å²) < 4.78 is 0. The highest BCUT2D eigenvalue weighted by molar-refractivity contribution is 4.96. The lowest BCUT2D eigenvalue weighted by molar-refractivity contribution is 0.107. The van der Waals surface area contributed by atoms with E-state index in [1.54, 1.807) is 0 Å². The van der Waals surface area contributed by atoms with Crippen LogP contribution in [0.25, 0.3) is 0 Å². The van der Waals surface area contributed by atoms with Crippen molar-refractivity contribution in [3.05, 3.63) is 0 Å². The molecule has 3 heteroatoms. The summed E-state index contributed by atoms with van der Waals surface area (Å²) in [5, 5.41) is 12.5. The predicted molar refractivity (Wildman–Crippen MR) is 69.6 cm³/mol. The van der Waals surface area contributed by atoms with Crippen molar-refractivity contribution in [1.29, 1.82) is 5.26 Å². The van der Waals surface area contributed by atoms with Gasteiger partial charge in [0.2, 0.25) is 0 Å². The Morgan fingerprint density at radius 1 is 1.35 bits per heavy atom. The van der Waals surface area contributed by atoms with E-state index in [4.69, 9.17) is 0 Å². The van der Waals surface area contributed by atoms with Crippen LogP contribution in [0, 0.1) is 17.2 Å². The van der Waals surface area contributed by atoms with E-state index in [0.717, 1.165) is 31.5 Å². The second-order valence-electron chi connectivity index (χ2n) is 5.53. The molecule has 0 amide bonds. The largest absolute Gasteiger partial charge is 0.301 e. The summed E-state index contributed by atoms with van der Waals surface area (Å²) in [6.07, 6.45) is 8.01. The van der Waals surface area contributed by atoms with Gasteiger partial charge in [-0.2, -0.15) is 5.26 Å². The average Bonchev–Trinajstić information content (AvgIpc) is 2.83. The van der Waals surface area contributed by atoms with Crippen LogP contribution in [0.2, 0.25) is 0 Å². The van der Waals surface area contributed by atoms with Crippen LogP contribution in [0.5, 0.6) is 0 Å². The molecule has 0 radical (unpaired) electrons. The number of fused-ring (bicyclic) bond motifs is 1. The van der Waals surface area contributed by atoms with Crippen LogP contribution in [0.3, 0.4) is 0 Å². The first-order valence-corrected chi connectivity index (χ1v) is 7.22. The Kier molecular flexibility index (Phi) is 4.82. The van der Waals surface area contributed by atoms with Crippen molar-refractivity contribution >= 4 is 0 Å². The number of nitriles is 1. The van der Waals surface area contributed by atoms with Crippen LogP contribution >= 0.6 is 0 Å². The van der Waals surface area contributed by atoms with E-state index in [1.807, 2.05) is 0 Å². The van der Waals surface area contributed by atoms with Crippen molar-refractivity contribution in [2.75, 3.05) is 19.6 Å². The summed E-state index contributed by atoms with van der Waals surface area (Å²) >= 11 is 0. The molecule has 1 aliphatic heterocycles. The molecule has 3 atom stereocenters. The number of hydrogen-bond donors (Lipinski definition) is 1. The third-order valence-electron chi connectivity index (χ3n) is 4.32. The smallest absolute Gasteiger partial charge is 0.108 e. The Hall–Kier alpha value is -0.590. The van der Waals surface area contributed by atoms with Crippen molar-refractivity contribution in [3.8, 4) is 6.07 Å². The topological polar surface area (TPSA) is 39.1 Å². The van der Waals surface area contributed by atoms with Gasteiger partial charge in [0.15, 0.2) is 0 Å². The summed E-state index contributed by atoms with van der Waals surface area (Å²) in [6, 6.07) is 3.21. The van der Waals surface area contributed by atoms with Crippen molar-refractivity contribution in [3.63, 3.8) is 0 Å². The van der Waals surface area contributed by atoms with E-state index in [-0.39, 0.29) is 6.04 Å². The highest BCUT2D eigenvalue weighted by Gasteiger charge is 2.35. The van der Waals surface area contributed by atoms with Gasteiger partial charge in [-0.15, -0.1) is 0 Å². The number of nitrogens with one attached hydrogen (secondary N) is 1. The van der Waals surface area contributed by atoms with Gasteiger partial charge in [-0.25, -0.2) is 0 Å². The lowest BCUT2D eigenvalue weighted by atomic mass is 9.91. The lowest BCUT2D eigenvalue weighted by Gasteiger charge is -2.38. The SMILES string of the molecule is CCCNC(C#N)CN1CCCC2CCCC21. The predicted octanol–water partition coefficient (Wildman–Crippen LogP) is 2.14. The average molecular weight is 235 g/mol. The van der Waals surface area contributed by atoms with Gasteiger partial charge >= 0.3 is 0 Å². The first kappa shape index (κ1) is 12.9. The fourth-order valence-electron chi connectivity index (χ4n) is 3.49. The molecule has 2 rings (SSSR count). The van der Waals surface area contributed by atoms with Gasteiger partial charge in [0.05, 0.1) is 6.07 Å². The normalized spacial score (nSPS) is 30.8. The molecule has 1 N–H and O–H groups in total. The summed E-state index contributed by atoms with van der Waals surface area (Å²) in [4.78, 5) is 2.58. The zero-order valence-corrected chi connectivity index (χ0v) is 11.0.